The Balaban J connectivity index is 0.00000576. The van der Waals surface area contributed by atoms with Crippen LogP contribution in [0, 0.1) is 0 Å². The van der Waals surface area contributed by atoms with E-state index in [1.807, 2.05) is 6.92 Å². The maximum Gasteiger partial charge on any atom is 0.387 e. The molecule has 0 aliphatic heterocycles. The molecule has 25 heavy (non-hydrogen) atoms. The van der Waals surface area contributed by atoms with Gasteiger partial charge >= 0.3 is 6.61 Å². The van der Waals surface area contributed by atoms with E-state index in [1.54, 1.807) is 19.2 Å². The van der Waals surface area contributed by atoms with Crippen molar-refractivity contribution < 1.29 is 23.0 Å². The highest BCUT2D eigenvalue weighted by atomic mass is 127. The number of nitrogens with one attached hydrogen (secondary N) is 2. The minimum Gasteiger partial charge on any atom is -0.493 e. The Morgan fingerprint density at radius 1 is 1.20 bits per heavy atom. The molecule has 9 heteroatoms. The topological polar surface area (TPSA) is 64.1 Å². The third-order valence-electron chi connectivity index (χ3n) is 3.03. The van der Waals surface area contributed by atoms with Gasteiger partial charge in [0.2, 0.25) is 0 Å². The molecule has 0 heterocycles. The monoisotopic (exact) mass is 473 g/mol. The van der Waals surface area contributed by atoms with Gasteiger partial charge < -0.3 is 24.8 Å². The Bertz CT molecular complexity index is 519. The van der Waals surface area contributed by atoms with Crippen molar-refractivity contribution in [2.24, 2.45) is 4.99 Å². The van der Waals surface area contributed by atoms with Gasteiger partial charge in [0.1, 0.15) is 0 Å². The number of aliphatic imine (C=N–C) groups is 1. The van der Waals surface area contributed by atoms with E-state index in [9.17, 15) is 8.78 Å². The van der Waals surface area contributed by atoms with Crippen LogP contribution in [0.2, 0.25) is 0 Å². The average molecular weight is 473 g/mol. The number of hydrogen-bond donors (Lipinski definition) is 2. The summed E-state index contributed by atoms with van der Waals surface area (Å²) >= 11 is 0. The molecule has 0 atom stereocenters. The smallest absolute Gasteiger partial charge is 0.387 e. The SMILES string of the molecule is CCNC(=NCc1ccc(OC)c(OC(F)F)c1)NCCCOC.I. The fourth-order valence-corrected chi connectivity index (χ4v) is 1.94. The molecule has 0 fully saturated rings. The van der Waals surface area contributed by atoms with Crippen LogP contribution in [0.4, 0.5) is 8.78 Å². The maximum absolute atomic E-state index is 12.4. The molecule has 0 spiro atoms. The minimum absolute atomic E-state index is 0. The summed E-state index contributed by atoms with van der Waals surface area (Å²) in [6.45, 7) is 1.49. The first-order chi connectivity index (χ1) is 11.6. The number of benzene rings is 1. The third-order valence-corrected chi connectivity index (χ3v) is 3.03. The van der Waals surface area contributed by atoms with Gasteiger partial charge in [-0.3, -0.25) is 0 Å². The van der Waals surface area contributed by atoms with Crippen LogP contribution in [0.1, 0.15) is 18.9 Å². The van der Waals surface area contributed by atoms with E-state index < -0.39 is 6.61 Å². The van der Waals surface area contributed by atoms with E-state index in [0.29, 0.717) is 19.1 Å². The summed E-state index contributed by atoms with van der Waals surface area (Å²) in [6.07, 6.45) is 0.857. The number of ether oxygens (including phenoxy) is 3. The molecule has 6 nitrogen and oxygen atoms in total. The molecule has 0 aromatic heterocycles. The maximum atomic E-state index is 12.4. The fourth-order valence-electron chi connectivity index (χ4n) is 1.94. The first-order valence-corrected chi connectivity index (χ1v) is 7.73. The van der Waals surface area contributed by atoms with E-state index in [-0.39, 0.29) is 35.5 Å². The third kappa shape index (κ3) is 9.63. The number of nitrogens with zero attached hydrogens (tertiary/aromatic N) is 1. The van der Waals surface area contributed by atoms with Crippen LogP contribution < -0.4 is 20.1 Å². The van der Waals surface area contributed by atoms with Crippen molar-refractivity contribution >= 4 is 29.9 Å². The van der Waals surface area contributed by atoms with Crippen LogP contribution in [0.15, 0.2) is 23.2 Å². The summed E-state index contributed by atoms with van der Waals surface area (Å²) in [7, 11) is 3.06. The van der Waals surface area contributed by atoms with E-state index in [4.69, 9.17) is 9.47 Å². The first kappa shape index (κ1) is 23.6. The van der Waals surface area contributed by atoms with Crippen LogP contribution in [0.3, 0.4) is 0 Å². The summed E-state index contributed by atoms with van der Waals surface area (Å²) in [6, 6.07) is 4.85. The van der Waals surface area contributed by atoms with E-state index >= 15 is 0 Å². The van der Waals surface area contributed by atoms with Gasteiger partial charge in [-0.05, 0) is 31.0 Å². The molecule has 1 aromatic carbocycles. The summed E-state index contributed by atoms with van der Waals surface area (Å²) in [5.41, 5.74) is 0.737. The molecule has 0 aliphatic carbocycles. The quantitative estimate of drug-likeness (QED) is 0.237. The Morgan fingerprint density at radius 3 is 2.56 bits per heavy atom. The van der Waals surface area contributed by atoms with Gasteiger partial charge in [-0.2, -0.15) is 8.78 Å². The van der Waals surface area contributed by atoms with Gasteiger partial charge in [0.05, 0.1) is 13.7 Å². The fraction of sp³-hybridized carbons (Fsp3) is 0.562. The van der Waals surface area contributed by atoms with Crippen molar-refractivity contribution in [3.8, 4) is 11.5 Å². The molecule has 144 valence electrons. The second-order valence-electron chi connectivity index (χ2n) is 4.83. The highest BCUT2D eigenvalue weighted by Crippen LogP contribution is 2.29. The van der Waals surface area contributed by atoms with Crippen molar-refractivity contribution in [2.45, 2.75) is 26.5 Å². The predicted molar refractivity (Wildman–Crippen MR) is 104 cm³/mol. The standard InChI is InChI=1S/C16H25F2N3O3.HI/c1-4-19-16(20-8-5-9-22-2)21-11-12-6-7-13(23-3)14(10-12)24-15(17)18;/h6-7,10,15H,4-5,8-9,11H2,1-3H3,(H2,19,20,21);1H. The summed E-state index contributed by atoms with van der Waals surface area (Å²) in [5, 5.41) is 6.30. The molecular weight excluding hydrogens is 447 g/mol. The minimum atomic E-state index is -2.91. The molecule has 0 aliphatic rings. The van der Waals surface area contributed by atoms with Crippen molar-refractivity contribution in [3.63, 3.8) is 0 Å². The normalized spacial score (nSPS) is 11.0. The Morgan fingerprint density at radius 2 is 1.96 bits per heavy atom. The first-order valence-electron chi connectivity index (χ1n) is 7.73. The van der Waals surface area contributed by atoms with Crippen LogP contribution in [-0.4, -0.2) is 46.5 Å². The van der Waals surface area contributed by atoms with Gasteiger partial charge in [-0.1, -0.05) is 6.07 Å². The lowest BCUT2D eigenvalue weighted by molar-refractivity contribution is -0.0512. The van der Waals surface area contributed by atoms with Crippen molar-refractivity contribution in [1.82, 2.24) is 10.6 Å². The number of guanidine groups is 1. The molecule has 0 radical (unpaired) electrons. The highest BCUT2D eigenvalue weighted by Gasteiger charge is 2.11. The molecule has 0 amide bonds. The average Bonchev–Trinajstić information content (AvgIpc) is 2.56. The Labute approximate surface area is 164 Å². The van der Waals surface area contributed by atoms with Crippen LogP contribution in [0.5, 0.6) is 11.5 Å². The van der Waals surface area contributed by atoms with Crippen LogP contribution in [-0.2, 0) is 11.3 Å². The lowest BCUT2D eigenvalue weighted by atomic mass is 10.2. The van der Waals surface area contributed by atoms with E-state index in [0.717, 1.165) is 25.1 Å². The molecule has 1 aromatic rings. The Kier molecular flexibility index (Phi) is 13.1. The van der Waals surface area contributed by atoms with Crippen molar-refractivity contribution in [3.05, 3.63) is 23.8 Å². The molecule has 2 N–H and O–H groups in total. The lowest BCUT2D eigenvalue weighted by Gasteiger charge is -2.12. The zero-order valence-corrected chi connectivity index (χ0v) is 17.0. The molecule has 1 rings (SSSR count). The number of rotatable bonds is 10. The number of methoxy groups -OCH3 is 2. The van der Waals surface area contributed by atoms with E-state index in [2.05, 4.69) is 20.4 Å². The van der Waals surface area contributed by atoms with Crippen molar-refractivity contribution in [2.75, 3.05) is 33.9 Å². The second kappa shape index (κ2) is 13.9. The van der Waals surface area contributed by atoms with E-state index in [1.165, 1.54) is 13.2 Å². The predicted octanol–water partition coefficient (Wildman–Crippen LogP) is 3.01. The van der Waals surface area contributed by atoms with Gasteiger partial charge in [0.25, 0.3) is 0 Å². The van der Waals surface area contributed by atoms with Gasteiger partial charge in [0, 0.05) is 26.8 Å². The van der Waals surface area contributed by atoms with Gasteiger partial charge in [0.15, 0.2) is 17.5 Å². The second-order valence-corrected chi connectivity index (χ2v) is 4.83. The zero-order valence-electron chi connectivity index (χ0n) is 14.7. The molecule has 0 bridgehead atoms. The molecule has 0 unspecified atom stereocenters. The number of halogens is 3. The summed E-state index contributed by atoms with van der Waals surface area (Å²) in [5.74, 6) is 0.909. The largest absolute Gasteiger partial charge is 0.493 e. The van der Waals surface area contributed by atoms with Crippen molar-refractivity contribution in [1.29, 1.82) is 0 Å². The summed E-state index contributed by atoms with van der Waals surface area (Å²) < 4.78 is 39.4. The Hall–Kier alpha value is -1.36. The van der Waals surface area contributed by atoms with Gasteiger partial charge in [-0.15, -0.1) is 24.0 Å². The molecular formula is C16H26F2IN3O3. The number of hydrogen-bond acceptors (Lipinski definition) is 4. The summed E-state index contributed by atoms with van der Waals surface area (Å²) in [4.78, 5) is 4.43. The van der Waals surface area contributed by atoms with Crippen LogP contribution in [0.25, 0.3) is 0 Å². The van der Waals surface area contributed by atoms with Gasteiger partial charge in [-0.25, -0.2) is 4.99 Å². The van der Waals surface area contributed by atoms with Crippen LogP contribution >= 0.6 is 24.0 Å². The lowest BCUT2D eigenvalue weighted by Crippen LogP contribution is -2.38. The zero-order chi connectivity index (χ0) is 17.8. The number of alkyl halides is 2. The highest BCUT2D eigenvalue weighted by molar-refractivity contribution is 14.0. The molecule has 0 saturated heterocycles. The molecule has 0 saturated carbocycles.